The molecule has 2 nitrogen and oxygen atoms in total. The van der Waals surface area contributed by atoms with Crippen LogP contribution in [0.4, 0.5) is 17.6 Å². The molecule has 0 aromatic carbocycles. The smallest absolute Gasteiger partial charge is 0.433 e. The molecule has 6 heteroatoms. The summed E-state index contributed by atoms with van der Waals surface area (Å²) in [6.45, 7) is 1.94. The number of hydrogen-bond acceptors (Lipinski definition) is 1. The number of aliphatic carboxylic acids is 1. The van der Waals surface area contributed by atoms with E-state index in [9.17, 15) is 22.4 Å². The first kappa shape index (κ1) is 15.2. The molecule has 96 valence electrons. The molecule has 0 rings (SSSR count). The summed E-state index contributed by atoms with van der Waals surface area (Å²) in [7, 11) is 0. The van der Waals surface area contributed by atoms with E-state index in [-0.39, 0.29) is 6.42 Å². The van der Waals surface area contributed by atoms with Crippen LogP contribution in [0.2, 0.25) is 0 Å². The summed E-state index contributed by atoms with van der Waals surface area (Å²) >= 11 is 0. The van der Waals surface area contributed by atoms with Gasteiger partial charge in [-0.15, -0.1) is 0 Å². The van der Waals surface area contributed by atoms with E-state index in [2.05, 4.69) is 0 Å². The van der Waals surface area contributed by atoms with Gasteiger partial charge in [-0.3, -0.25) is 0 Å². The van der Waals surface area contributed by atoms with Crippen LogP contribution < -0.4 is 0 Å². The van der Waals surface area contributed by atoms with E-state index in [1.165, 1.54) is 0 Å². The molecule has 0 heterocycles. The minimum atomic E-state index is -5.34. The first-order valence-electron chi connectivity index (χ1n) is 5.24. The maximum atomic E-state index is 13.2. The first-order valence-corrected chi connectivity index (χ1v) is 5.24. The van der Waals surface area contributed by atoms with Crippen molar-refractivity contribution in [3.63, 3.8) is 0 Å². The second-order valence-corrected chi connectivity index (χ2v) is 3.77. The molecule has 0 aliphatic rings. The highest BCUT2D eigenvalue weighted by molar-refractivity contribution is 5.78. The Hall–Kier alpha value is -0.810. The molecular weight excluding hydrogens is 228 g/mol. The van der Waals surface area contributed by atoms with Crippen molar-refractivity contribution in [3.05, 3.63) is 0 Å². The number of halogens is 4. The van der Waals surface area contributed by atoms with Crippen LogP contribution in [0.3, 0.4) is 0 Å². The Kier molecular flexibility index (Phi) is 5.75. The zero-order valence-electron chi connectivity index (χ0n) is 9.11. The minimum absolute atomic E-state index is 0.0672. The predicted octanol–water partition coefficient (Wildman–Crippen LogP) is 3.70. The maximum absolute atomic E-state index is 13.2. The summed E-state index contributed by atoms with van der Waals surface area (Å²) in [6.07, 6.45) is -3.52. The highest BCUT2D eigenvalue weighted by Crippen LogP contribution is 2.38. The Bertz CT molecular complexity index is 227. The van der Waals surface area contributed by atoms with Crippen LogP contribution in [0, 0.1) is 0 Å². The van der Waals surface area contributed by atoms with Crippen molar-refractivity contribution in [1.82, 2.24) is 0 Å². The van der Waals surface area contributed by atoms with Gasteiger partial charge in [0.1, 0.15) is 0 Å². The van der Waals surface area contributed by atoms with Gasteiger partial charge in [-0.25, -0.2) is 9.18 Å². The number of unbranched alkanes of at least 4 members (excludes halogenated alkanes) is 4. The van der Waals surface area contributed by atoms with E-state index in [0.29, 0.717) is 12.8 Å². The quantitative estimate of drug-likeness (QED) is 0.547. The lowest BCUT2D eigenvalue weighted by atomic mass is 9.97. The summed E-state index contributed by atoms with van der Waals surface area (Å²) in [6, 6.07) is 0. The molecule has 1 N–H and O–H groups in total. The van der Waals surface area contributed by atoms with Crippen LogP contribution >= 0.6 is 0 Å². The SMILES string of the molecule is CCCCCCCC(F)(C(=O)O)C(F)(F)F. The lowest BCUT2D eigenvalue weighted by Gasteiger charge is -2.23. The summed E-state index contributed by atoms with van der Waals surface area (Å²) in [5.74, 6) is -2.45. The third kappa shape index (κ3) is 3.98. The molecule has 1 atom stereocenters. The third-order valence-electron chi connectivity index (χ3n) is 2.41. The van der Waals surface area contributed by atoms with Gasteiger partial charge in [0.15, 0.2) is 0 Å². The van der Waals surface area contributed by atoms with Crippen LogP contribution in [-0.4, -0.2) is 22.9 Å². The second kappa shape index (κ2) is 6.06. The number of carbonyl (C=O) groups is 1. The van der Waals surface area contributed by atoms with Gasteiger partial charge in [-0.05, 0) is 6.42 Å². The number of hydrogen-bond donors (Lipinski definition) is 1. The molecule has 0 aliphatic carbocycles. The van der Waals surface area contributed by atoms with Gasteiger partial charge < -0.3 is 5.11 Å². The average Bonchev–Trinajstić information content (AvgIpc) is 2.15. The highest BCUT2D eigenvalue weighted by Gasteiger charge is 2.61. The summed E-state index contributed by atoms with van der Waals surface area (Å²) in [5, 5.41) is 8.28. The third-order valence-corrected chi connectivity index (χ3v) is 2.41. The van der Waals surface area contributed by atoms with Gasteiger partial charge in [0, 0.05) is 6.42 Å². The molecule has 16 heavy (non-hydrogen) atoms. The van der Waals surface area contributed by atoms with E-state index >= 15 is 0 Å². The van der Waals surface area contributed by atoms with Crippen LogP contribution in [-0.2, 0) is 4.79 Å². The lowest BCUT2D eigenvalue weighted by Crippen LogP contribution is -2.48. The van der Waals surface area contributed by atoms with Crippen molar-refractivity contribution >= 4 is 5.97 Å². The molecule has 0 saturated heterocycles. The highest BCUT2D eigenvalue weighted by atomic mass is 19.4. The number of rotatable bonds is 7. The van der Waals surface area contributed by atoms with Gasteiger partial charge >= 0.3 is 17.8 Å². The van der Waals surface area contributed by atoms with Gasteiger partial charge in [-0.1, -0.05) is 32.6 Å². The topological polar surface area (TPSA) is 37.3 Å². The first-order chi connectivity index (χ1) is 7.25. The van der Waals surface area contributed by atoms with Crippen molar-refractivity contribution in [2.45, 2.75) is 57.3 Å². The van der Waals surface area contributed by atoms with Gasteiger partial charge in [0.05, 0.1) is 0 Å². The summed E-state index contributed by atoms with van der Waals surface area (Å²) < 4.78 is 49.7. The van der Waals surface area contributed by atoms with E-state index in [1.807, 2.05) is 6.92 Å². The van der Waals surface area contributed by atoms with E-state index < -0.39 is 24.2 Å². The lowest BCUT2D eigenvalue weighted by molar-refractivity contribution is -0.238. The number of alkyl halides is 4. The van der Waals surface area contributed by atoms with Crippen molar-refractivity contribution < 1.29 is 27.5 Å². The van der Waals surface area contributed by atoms with Crippen molar-refractivity contribution in [1.29, 1.82) is 0 Å². The summed E-state index contributed by atoms with van der Waals surface area (Å²) in [5.41, 5.74) is -4.10. The van der Waals surface area contributed by atoms with Crippen molar-refractivity contribution in [2.75, 3.05) is 0 Å². The molecule has 0 aromatic rings. The van der Waals surface area contributed by atoms with E-state index in [4.69, 9.17) is 5.11 Å². The Morgan fingerprint density at radius 1 is 1.06 bits per heavy atom. The van der Waals surface area contributed by atoms with Gasteiger partial charge in [0.25, 0.3) is 0 Å². The molecule has 0 radical (unpaired) electrons. The van der Waals surface area contributed by atoms with Crippen molar-refractivity contribution in [3.8, 4) is 0 Å². The Morgan fingerprint density at radius 3 is 1.94 bits per heavy atom. The largest absolute Gasteiger partial charge is 0.479 e. The fourth-order valence-electron chi connectivity index (χ4n) is 1.34. The maximum Gasteiger partial charge on any atom is 0.433 e. The predicted molar refractivity (Wildman–Crippen MR) is 50.9 cm³/mol. The number of carboxylic acids is 1. The fraction of sp³-hybridized carbons (Fsp3) is 0.900. The molecular formula is C10H16F4O2. The molecule has 0 saturated carbocycles. The zero-order valence-corrected chi connectivity index (χ0v) is 9.11. The summed E-state index contributed by atoms with van der Waals surface area (Å²) in [4.78, 5) is 10.3. The molecule has 0 aliphatic heterocycles. The molecule has 0 bridgehead atoms. The fourth-order valence-corrected chi connectivity index (χ4v) is 1.34. The standard InChI is InChI=1S/C10H16F4O2/c1-2-3-4-5-6-7-9(11,8(15)16)10(12,13)14/h2-7H2,1H3,(H,15,16). The van der Waals surface area contributed by atoms with Crippen LogP contribution in [0.5, 0.6) is 0 Å². The Morgan fingerprint density at radius 2 is 1.56 bits per heavy atom. The van der Waals surface area contributed by atoms with Crippen LogP contribution in [0.15, 0.2) is 0 Å². The van der Waals surface area contributed by atoms with Crippen LogP contribution in [0.1, 0.15) is 45.4 Å². The van der Waals surface area contributed by atoms with Crippen molar-refractivity contribution in [2.24, 2.45) is 0 Å². The van der Waals surface area contributed by atoms with Gasteiger partial charge in [0.2, 0.25) is 0 Å². The second-order valence-electron chi connectivity index (χ2n) is 3.77. The minimum Gasteiger partial charge on any atom is -0.479 e. The van der Waals surface area contributed by atoms with Crippen LogP contribution in [0.25, 0.3) is 0 Å². The normalized spacial score (nSPS) is 15.8. The Labute approximate surface area is 91.6 Å². The Balaban J connectivity index is 4.21. The monoisotopic (exact) mass is 244 g/mol. The van der Waals surface area contributed by atoms with E-state index in [1.54, 1.807) is 0 Å². The average molecular weight is 244 g/mol. The molecule has 0 aromatic heterocycles. The number of carboxylic acid groups (broad SMARTS) is 1. The zero-order chi connectivity index (χ0) is 12.8. The molecule has 0 amide bonds. The van der Waals surface area contributed by atoms with E-state index in [0.717, 1.165) is 12.8 Å². The van der Waals surface area contributed by atoms with Gasteiger partial charge in [-0.2, -0.15) is 13.2 Å². The molecule has 1 unspecified atom stereocenters. The molecule has 0 spiro atoms. The molecule has 0 fully saturated rings.